The van der Waals surface area contributed by atoms with Gasteiger partial charge in [0.05, 0.1) is 4.92 Å². The summed E-state index contributed by atoms with van der Waals surface area (Å²) in [5.74, 6) is 0.902. The molecule has 0 bridgehead atoms. The molecule has 0 fully saturated rings. The molecule has 2 aromatic carbocycles. The number of ketones is 1. The normalized spacial score (nSPS) is 11.0. The summed E-state index contributed by atoms with van der Waals surface area (Å²) in [6, 6.07) is 17.2. The number of benzene rings is 2. The van der Waals surface area contributed by atoms with E-state index >= 15 is 0 Å². The second kappa shape index (κ2) is 7.61. The number of nitrogens with zero attached hydrogens (tertiary/aromatic N) is 1. The van der Waals surface area contributed by atoms with Crippen LogP contribution in [-0.4, -0.2) is 10.7 Å². The first-order valence-electron chi connectivity index (χ1n) is 8.23. The third-order valence-electron chi connectivity index (χ3n) is 4.01. The number of aryl methyl sites for hydroxylation is 1. The molecule has 5 nitrogen and oxygen atoms in total. The summed E-state index contributed by atoms with van der Waals surface area (Å²) in [5.41, 5.74) is 2.41. The van der Waals surface area contributed by atoms with Crippen LogP contribution in [0.25, 0.3) is 17.4 Å². The van der Waals surface area contributed by atoms with Crippen LogP contribution < -0.4 is 0 Å². The molecule has 3 rings (SSSR count). The second-order valence-corrected chi connectivity index (χ2v) is 5.76. The highest BCUT2D eigenvalue weighted by atomic mass is 16.6. The number of carbonyl (C=O) groups is 1. The van der Waals surface area contributed by atoms with Gasteiger partial charge in [-0.3, -0.25) is 14.9 Å². The summed E-state index contributed by atoms with van der Waals surface area (Å²) in [6.45, 7) is 2.06. The number of non-ortho nitro benzene ring substituents is 1. The van der Waals surface area contributed by atoms with Gasteiger partial charge < -0.3 is 4.42 Å². The highest BCUT2D eigenvalue weighted by Crippen LogP contribution is 2.26. The lowest BCUT2D eigenvalue weighted by molar-refractivity contribution is -0.384. The van der Waals surface area contributed by atoms with Crippen LogP contribution in [0, 0.1) is 10.1 Å². The number of allylic oxidation sites excluding steroid dienone is 1. The molecule has 0 spiro atoms. The zero-order valence-corrected chi connectivity index (χ0v) is 14.2. The van der Waals surface area contributed by atoms with Crippen molar-refractivity contribution >= 4 is 17.5 Å². The van der Waals surface area contributed by atoms with Crippen molar-refractivity contribution in [1.29, 1.82) is 0 Å². The van der Waals surface area contributed by atoms with Crippen molar-refractivity contribution in [2.24, 2.45) is 0 Å². The molecular formula is C21H17NO4. The van der Waals surface area contributed by atoms with Gasteiger partial charge in [0.15, 0.2) is 5.78 Å². The smallest absolute Gasteiger partial charge is 0.270 e. The van der Waals surface area contributed by atoms with E-state index in [1.54, 1.807) is 30.3 Å². The van der Waals surface area contributed by atoms with Gasteiger partial charge in [0, 0.05) is 23.3 Å². The van der Waals surface area contributed by atoms with Crippen LogP contribution in [-0.2, 0) is 6.42 Å². The van der Waals surface area contributed by atoms with Crippen molar-refractivity contribution in [3.8, 4) is 11.3 Å². The molecule has 130 valence electrons. The zero-order chi connectivity index (χ0) is 18.5. The summed E-state index contributed by atoms with van der Waals surface area (Å²) in [6.07, 6.45) is 3.98. The minimum absolute atomic E-state index is 0.00157. The molecular weight excluding hydrogens is 330 g/mol. The first kappa shape index (κ1) is 17.4. The van der Waals surface area contributed by atoms with E-state index in [0.29, 0.717) is 22.6 Å². The van der Waals surface area contributed by atoms with Crippen molar-refractivity contribution in [1.82, 2.24) is 0 Å². The van der Waals surface area contributed by atoms with Crippen LogP contribution >= 0.6 is 0 Å². The number of hydrogen-bond donors (Lipinski definition) is 0. The maximum atomic E-state index is 12.2. The van der Waals surface area contributed by atoms with Gasteiger partial charge >= 0.3 is 0 Å². The van der Waals surface area contributed by atoms with Crippen LogP contribution in [0.5, 0.6) is 0 Å². The quantitative estimate of drug-likeness (QED) is 0.262. The van der Waals surface area contributed by atoms with Crippen LogP contribution in [0.15, 0.2) is 71.2 Å². The van der Waals surface area contributed by atoms with E-state index in [1.165, 1.54) is 23.8 Å². The average molecular weight is 347 g/mol. The topological polar surface area (TPSA) is 73.3 Å². The van der Waals surface area contributed by atoms with Crippen LogP contribution in [0.1, 0.15) is 28.6 Å². The van der Waals surface area contributed by atoms with Gasteiger partial charge in [-0.25, -0.2) is 0 Å². The Morgan fingerprint density at radius 2 is 1.88 bits per heavy atom. The summed E-state index contributed by atoms with van der Waals surface area (Å²) in [4.78, 5) is 22.6. The Balaban J connectivity index is 1.75. The molecule has 1 aromatic heterocycles. The maximum Gasteiger partial charge on any atom is 0.270 e. The number of nitro groups is 1. The standard InChI is InChI=1S/C21H17NO4/c1-2-15-6-8-16(9-7-15)20(23)12-10-19-11-13-21(26-19)17-4-3-5-18(14-17)22(24)25/h3-14H,2H2,1H3/b12-10+. The Bertz CT molecular complexity index is 968. The van der Waals surface area contributed by atoms with Gasteiger partial charge in [0.2, 0.25) is 0 Å². The Morgan fingerprint density at radius 3 is 2.58 bits per heavy atom. The zero-order valence-electron chi connectivity index (χ0n) is 14.2. The van der Waals surface area contributed by atoms with Gasteiger partial charge in [-0.05, 0) is 36.3 Å². The fourth-order valence-corrected chi connectivity index (χ4v) is 2.53. The van der Waals surface area contributed by atoms with E-state index in [0.717, 1.165) is 6.42 Å². The predicted molar refractivity (Wildman–Crippen MR) is 100.0 cm³/mol. The SMILES string of the molecule is CCc1ccc(C(=O)/C=C/c2ccc(-c3cccc([N+](=O)[O-])c3)o2)cc1. The minimum atomic E-state index is -0.449. The fourth-order valence-electron chi connectivity index (χ4n) is 2.53. The lowest BCUT2D eigenvalue weighted by Crippen LogP contribution is -1.94. The number of rotatable bonds is 6. The van der Waals surface area contributed by atoms with E-state index < -0.39 is 4.92 Å². The summed E-state index contributed by atoms with van der Waals surface area (Å²) < 4.78 is 5.67. The lowest BCUT2D eigenvalue weighted by atomic mass is 10.1. The average Bonchev–Trinajstić information content (AvgIpc) is 3.15. The molecule has 0 unspecified atom stereocenters. The van der Waals surface area contributed by atoms with E-state index in [-0.39, 0.29) is 11.5 Å². The molecule has 0 atom stereocenters. The second-order valence-electron chi connectivity index (χ2n) is 5.76. The number of carbonyl (C=O) groups excluding carboxylic acids is 1. The molecule has 3 aromatic rings. The van der Waals surface area contributed by atoms with Crippen molar-refractivity contribution in [2.45, 2.75) is 13.3 Å². The molecule has 1 heterocycles. The minimum Gasteiger partial charge on any atom is -0.457 e. The fraction of sp³-hybridized carbons (Fsp3) is 0.0952. The number of hydrogen-bond acceptors (Lipinski definition) is 4. The third-order valence-corrected chi connectivity index (χ3v) is 4.01. The molecule has 0 N–H and O–H groups in total. The first-order chi connectivity index (χ1) is 12.6. The van der Waals surface area contributed by atoms with Crippen molar-refractivity contribution < 1.29 is 14.1 Å². The molecule has 26 heavy (non-hydrogen) atoms. The van der Waals surface area contributed by atoms with Gasteiger partial charge in [-0.2, -0.15) is 0 Å². The number of nitro benzene ring substituents is 1. The van der Waals surface area contributed by atoms with Crippen molar-refractivity contribution in [2.75, 3.05) is 0 Å². The van der Waals surface area contributed by atoms with Gasteiger partial charge in [0.1, 0.15) is 11.5 Å². The first-order valence-corrected chi connectivity index (χ1v) is 8.23. The number of furan rings is 1. The monoisotopic (exact) mass is 347 g/mol. The highest BCUT2D eigenvalue weighted by molar-refractivity contribution is 6.06. The summed E-state index contributed by atoms with van der Waals surface area (Å²) >= 11 is 0. The van der Waals surface area contributed by atoms with Crippen molar-refractivity contribution in [3.63, 3.8) is 0 Å². The van der Waals surface area contributed by atoms with E-state index in [4.69, 9.17) is 4.42 Å². The van der Waals surface area contributed by atoms with Gasteiger partial charge in [0.25, 0.3) is 5.69 Å². The Kier molecular flexibility index (Phi) is 5.08. The Labute approximate surface area is 150 Å². The molecule has 0 aliphatic rings. The molecule has 0 saturated heterocycles. The van der Waals surface area contributed by atoms with Gasteiger partial charge in [-0.15, -0.1) is 0 Å². The molecule has 0 aliphatic carbocycles. The largest absolute Gasteiger partial charge is 0.457 e. The highest BCUT2D eigenvalue weighted by Gasteiger charge is 2.10. The maximum absolute atomic E-state index is 12.2. The molecule has 0 radical (unpaired) electrons. The Hall–Kier alpha value is -3.47. The molecule has 0 aliphatic heterocycles. The van der Waals surface area contributed by atoms with E-state index in [2.05, 4.69) is 6.92 Å². The molecule has 0 saturated carbocycles. The predicted octanol–water partition coefficient (Wildman–Crippen LogP) is 5.31. The third kappa shape index (κ3) is 3.95. The van der Waals surface area contributed by atoms with Crippen molar-refractivity contribution in [3.05, 3.63) is 93.7 Å². The van der Waals surface area contributed by atoms with E-state index in [9.17, 15) is 14.9 Å². The van der Waals surface area contributed by atoms with Crippen LogP contribution in [0.3, 0.4) is 0 Å². The summed E-state index contributed by atoms with van der Waals surface area (Å²) in [5, 5.41) is 10.9. The van der Waals surface area contributed by atoms with Crippen LogP contribution in [0.4, 0.5) is 5.69 Å². The summed E-state index contributed by atoms with van der Waals surface area (Å²) in [7, 11) is 0. The van der Waals surface area contributed by atoms with Gasteiger partial charge in [-0.1, -0.05) is 43.3 Å². The Morgan fingerprint density at radius 1 is 1.12 bits per heavy atom. The molecule has 5 heteroatoms. The lowest BCUT2D eigenvalue weighted by Gasteiger charge is -1.98. The van der Waals surface area contributed by atoms with Crippen LogP contribution in [0.2, 0.25) is 0 Å². The molecule has 0 amide bonds. The van der Waals surface area contributed by atoms with E-state index in [1.807, 2.05) is 24.3 Å².